The molecule has 0 spiro atoms. The first-order valence-electron chi connectivity index (χ1n) is 17.4. The van der Waals surface area contributed by atoms with Gasteiger partial charge in [-0.2, -0.15) is 4.58 Å². The smallest absolute Gasteiger partial charge is 0.748 e. The van der Waals surface area contributed by atoms with E-state index in [9.17, 15) is 25.9 Å². The Balaban J connectivity index is 0.00000583. The molecule has 2 heterocycles. The molecule has 0 N–H and O–H groups in total. The number of para-hydroxylation sites is 2. The maximum Gasteiger partial charge on any atom is 1.00 e. The van der Waals surface area contributed by atoms with Gasteiger partial charge in [0.2, 0.25) is 5.69 Å². The van der Waals surface area contributed by atoms with E-state index in [1.54, 1.807) is 0 Å². The molecule has 12 heteroatoms. The fourth-order valence-electron chi connectivity index (χ4n) is 7.71. The van der Waals surface area contributed by atoms with Gasteiger partial charge in [-0.05, 0) is 80.7 Å². The second-order valence-electron chi connectivity index (χ2n) is 14.8. The van der Waals surface area contributed by atoms with Crippen LogP contribution in [-0.4, -0.2) is 60.8 Å². The molecular weight excluding hydrogens is 715 g/mol. The van der Waals surface area contributed by atoms with Gasteiger partial charge in [0.1, 0.15) is 6.54 Å². The first-order valence-corrected chi connectivity index (χ1v) is 20.9. The van der Waals surface area contributed by atoms with Crippen LogP contribution in [0.25, 0.3) is 0 Å². The van der Waals surface area contributed by atoms with Crippen LogP contribution in [0.2, 0.25) is 0 Å². The molecule has 5 rings (SSSR count). The minimum absolute atomic E-state index is 0. The Morgan fingerprint density at radius 1 is 0.824 bits per heavy atom. The molecular formula is C39H48ClN2NaO6S2. The molecule has 0 saturated heterocycles. The Morgan fingerprint density at radius 2 is 1.43 bits per heavy atom. The third-order valence-corrected chi connectivity index (χ3v) is 12.3. The predicted molar refractivity (Wildman–Crippen MR) is 200 cm³/mol. The molecule has 3 aliphatic rings. The zero-order chi connectivity index (χ0) is 36.5. The molecule has 0 radical (unpaired) electrons. The van der Waals surface area contributed by atoms with Crippen LogP contribution in [0.4, 0.5) is 11.4 Å². The van der Waals surface area contributed by atoms with Gasteiger partial charge >= 0.3 is 29.6 Å². The number of unbranched alkanes of at least 4 members (excludes halogenated alkanes) is 2. The van der Waals surface area contributed by atoms with E-state index in [1.165, 1.54) is 11.1 Å². The van der Waals surface area contributed by atoms with E-state index >= 15 is 0 Å². The monoisotopic (exact) mass is 762 g/mol. The minimum atomic E-state index is -4.25. The van der Waals surface area contributed by atoms with E-state index in [-0.39, 0.29) is 51.9 Å². The maximum absolute atomic E-state index is 11.2. The second-order valence-corrected chi connectivity index (χ2v) is 18.3. The molecule has 0 aromatic heterocycles. The summed E-state index contributed by atoms with van der Waals surface area (Å²) < 4.78 is 69.5. The topological polar surface area (TPSA) is 121 Å². The molecule has 0 bridgehead atoms. The fraction of sp³-hybridized carbons (Fsp3) is 0.462. The summed E-state index contributed by atoms with van der Waals surface area (Å²) in [5.74, 6) is -0.366. The summed E-state index contributed by atoms with van der Waals surface area (Å²) in [4.78, 5) is 2.24. The molecule has 0 amide bonds. The number of benzene rings is 2. The summed E-state index contributed by atoms with van der Waals surface area (Å²) in [5.41, 5.74) is 8.27. The van der Waals surface area contributed by atoms with E-state index in [4.69, 9.17) is 11.6 Å². The molecule has 2 aromatic carbocycles. The summed E-state index contributed by atoms with van der Waals surface area (Å²) in [6.45, 7) is 12.2. The Kier molecular flexibility index (Phi) is 13.5. The fourth-order valence-corrected chi connectivity index (χ4v) is 9.11. The first kappa shape index (κ1) is 41.7. The van der Waals surface area contributed by atoms with Gasteiger partial charge in [-0.3, -0.25) is 0 Å². The van der Waals surface area contributed by atoms with Gasteiger partial charge in [0.25, 0.3) is 0 Å². The molecule has 0 fully saturated rings. The quantitative estimate of drug-likeness (QED) is 0.124. The normalized spacial score (nSPS) is 21.5. The number of nitrogens with zero attached hydrogens (tertiary/aromatic N) is 2. The van der Waals surface area contributed by atoms with Crippen LogP contribution in [0.5, 0.6) is 0 Å². The number of rotatable bonds is 13. The number of anilines is 1. The van der Waals surface area contributed by atoms with Crippen molar-refractivity contribution >= 4 is 48.9 Å². The second kappa shape index (κ2) is 16.6. The van der Waals surface area contributed by atoms with Crippen LogP contribution in [0.1, 0.15) is 84.3 Å². The van der Waals surface area contributed by atoms with E-state index in [2.05, 4.69) is 92.7 Å². The number of hydrogen-bond acceptors (Lipinski definition) is 7. The number of halogens is 1. The SMILES string of the molecule is CC1CC(/C=C/C2=[N+](CCCCS(=O)(=O)[O-])c3ccccc3C2(C)C)=C(Cl)C(=C/C=C2/N(CCCCS(=O)(=O)[O-])c3ccccc3C2(C)C)/C1.[Na+]. The Bertz CT molecular complexity index is 2010. The van der Waals surface area contributed by atoms with E-state index in [0.29, 0.717) is 44.7 Å². The zero-order valence-corrected chi connectivity index (χ0v) is 35.0. The largest absolute Gasteiger partial charge is 1.00 e. The molecule has 51 heavy (non-hydrogen) atoms. The van der Waals surface area contributed by atoms with Gasteiger partial charge in [-0.25, -0.2) is 16.8 Å². The molecule has 8 nitrogen and oxygen atoms in total. The van der Waals surface area contributed by atoms with Gasteiger partial charge in [0.05, 0.1) is 25.7 Å². The van der Waals surface area contributed by atoms with Crippen molar-refractivity contribution in [3.63, 3.8) is 0 Å². The van der Waals surface area contributed by atoms with Crippen molar-refractivity contribution < 1.29 is 60.1 Å². The van der Waals surface area contributed by atoms with E-state index < -0.39 is 20.2 Å². The van der Waals surface area contributed by atoms with Crippen molar-refractivity contribution in [1.82, 2.24) is 0 Å². The number of fused-ring (bicyclic) bond motifs is 2. The zero-order valence-electron chi connectivity index (χ0n) is 30.6. The van der Waals surface area contributed by atoms with Crippen molar-refractivity contribution in [2.45, 2.75) is 84.0 Å². The summed E-state index contributed by atoms with van der Waals surface area (Å²) in [6, 6.07) is 16.5. The first-order chi connectivity index (χ1) is 23.4. The third-order valence-electron chi connectivity index (χ3n) is 10.2. The van der Waals surface area contributed by atoms with Crippen molar-refractivity contribution in [3.05, 3.63) is 106 Å². The van der Waals surface area contributed by atoms with Gasteiger partial charge in [0, 0.05) is 64.0 Å². The van der Waals surface area contributed by atoms with Gasteiger partial charge in [-0.1, -0.05) is 80.9 Å². The van der Waals surface area contributed by atoms with Crippen LogP contribution >= 0.6 is 11.6 Å². The van der Waals surface area contributed by atoms with Gasteiger partial charge < -0.3 is 14.0 Å². The average molecular weight is 763 g/mol. The molecule has 270 valence electrons. The van der Waals surface area contributed by atoms with Crippen LogP contribution in [0.15, 0.2) is 94.7 Å². The van der Waals surface area contributed by atoms with Crippen LogP contribution in [0.3, 0.4) is 0 Å². The molecule has 1 aliphatic carbocycles. The van der Waals surface area contributed by atoms with Crippen LogP contribution in [0, 0.1) is 5.92 Å². The standard InChI is InChI=1S/C39H49ClN2O6S2.Na/c1-28-26-29(18-20-35-38(2,3)31-14-6-8-16-33(31)41(35)22-10-12-24-49(43,44)45)37(40)30(27-28)19-21-36-39(4,5)32-15-7-9-17-34(32)42(36)23-11-13-25-50(46,47)48;/h6-9,14-21,28H,10-13,22-27H2,1-5H3,(H-,43,44,45,46,47,48);/q;+1/p-1. The van der Waals surface area contributed by atoms with Crippen LogP contribution < -0.4 is 34.5 Å². The minimum Gasteiger partial charge on any atom is -0.748 e. The Hall–Kier alpha value is -2.02. The Morgan fingerprint density at radius 3 is 2.10 bits per heavy atom. The van der Waals surface area contributed by atoms with Crippen molar-refractivity contribution in [3.8, 4) is 0 Å². The van der Waals surface area contributed by atoms with Gasteiger partial charge in [-0.15, -0.1) is 0 Å². The average Bonchev–Trinajstić information content (AvgIpc) is 3.38. The molecule has 2 aromatic rings. The summed E-state index contributed by atoms with van der Waals surface area (Å²) >= 11 is 7.19. The van der Waals surface area contributed by atoms with E-state index in [1.807, 2.05) is 24.3 Å². The predicted octanol–water partition coefficient (Wildman–Crippen LogP) is 4.80. The maximum atomic E-state index is 11.2. The van der Waals surface area contributed by atoms with Crippen LogP contribution in [-0.2, 0) is 31.1 Å². The summed E-state index contributed by atoms with van der Waals surface area (Å²) in [6.07, 6.45) is 12.0. The van der Waals surface area contributed by atoms with Crippen molar-refractivity contribution in [2.24, 2.45) is 5.92 Å². The van der Waals surface area contributed by atoms with Crippen molar-refractivity contribution in [1.29, 1.82) is 0 Å². The van der Waals surface area contributed by atoms with E-state index in [0.717, 1.165) is 51.8 Å². The summed E-state index contributed by atoms with van der Waals surface area (Å²) in [7, 11) is -8.51. The third kappa shape index (κ3) is 9.75. The molecule has 1 atom stereocenters. The molecule has 1 unspecified atom stereocenters. The summed E-state index contributed by atoms with van der Waals surface area (Å²) in [5, 5.41) is 0.734. The number of hydrogen-bond donors (Lipinski definition) is 0. The number of allylic oxidation sites excluding steroid dienone is 8. The van der Waals surface area contributed by atoms with Crippen molar-refractivity contribution in [2.75, 3.05) is 29.5 Å². The molecule has 0 saturated carbocycles. The Labute approximate surface area is 331 Å². The molecule has 2 aliphatic heterocycles. The van der Waals surface area contributed by atoms with Gasteiger partial charge in [0.15, 0.2) is 5.71 Å².